The summed E-state index contributed by atoms with van der Waals surface area (Å²) in [5.41, 5.74) is 10.5. The Morgan fingerprint density at radius 1 is 1.33 bits per heavy atom. The third-order valence-corrected chi connectivity index (χ3v) is 4.33. The maximum absolute atomic E-state index is 5.94. The molecule has 1 heterocycles. The summed E-state index contributed by atoms with van der Waals surface area (Å²) < 4.78 is 3.07. The number of benzene rings is 1. The molecular formula is C14H18BrN3. The fourth-order valence-corrected chi connectivity index (χ4v) is 2.46. The summed E-state index contributed by atoms with van der Waals surface area (Å²) in [4.78, 5) is 0. The van der Waals surface area contributed by atoms with Crippen LogP contribution < -0.4 is 5.73 Å². The highest BCUT2D eigenvalue weighted by Crippen LogP contribution is 2.26. The highest BCUT2D eigenvalue weighted by atomic mass is 79.9. The van der Waals surface area contributed by atoms with Gasteiger partial charge in [-0.05, 0) is 42.3 Å². The molecule has 1 atom stereocenters. The summed E-state index contributed by atoms with van der Waals surface area (Å²) in [5, 5.41) is 4.58. The highest BCUT2D eigenvalue weighted by Gasteiger charge is 2.18. The second-order valence-corrected chi connectivity index (χ2v) is 5.39. The van der Waals surface area contributed by atoms with Crippen LogP contribution in [0.25, 0.3) is 0 Å². The molecular weight excluding hydrogens is 290 g/mol. The maximum atomic E-state index is 5.94. The van der Waals surface area contributed by atoms with Crippen molar-refractivity contribution in [3.05, 3.63) is 51.3 Å². The SMILES string of the molecule is Cc1cccc(C(CN)n2nc(C)c(Br)c2C)c1. The molecule has 2 N–H and O–H groups in total. The number of aromatic nitrogens is 2. The van der Waals surface area contributed by atoms with Crippen LogP contribution in [-0.2, 0) is 0 Å². The van der Waals surface area contributed by atoms with Crippen molar-refractivity contribution in [1.29, 1.82) is 0 Å². The molecule has 0 aliphatic heterocycles. The quantitative estimate of drug-likeness (QED) is 0.947. The van der Waals surface area contributed by atoms with Gasteiger partial charge in [0.2, 0.25) is 0 Å². The van der Waals surface area contributed by atoms with E-state index in [2.05, 4.69) is 59.1 Å². The zero-order valence-corrected chi connectivity index (χ0v) is 12.5. The topological polar surface area (TPSA) is 43.8 Å². The Labute approximate surface area is 116 Å². The van der Waals surface area contributed by atoms with Gasteiger partial charge in [0.15, 0.2) is 0 Å². The van der Waals surface area contributed by atoms with Gasteiger partial charge < -0.3 is 5.73 Å². The van der Waals surface area contributed by atoms with Crippen molar-refractivity contribution in [2.45, 2.75) is 26.8 Å². The molecule has 0 aliphatic carbocycles. The van der Waals surface area contributed by atoms with Gasteiger partial charge >= 0.3 is 0 Å². The second-order valence-electron chi connectivity index (χ2n) is 4.60. The van der Waals surface area contributed by atoms with Gasteiger partial charge in [0.1, 0.15) is 0 Å². The van der Waals surface area contributed by atoms with E-state index in [1.807, 2.05) is 11.6 Å². The van der Waals surface area contributed by atoms with Crippen molar-refractivity contribution in [3.63, 3.8) is 0 Å². The molecule has 1 aromatic heterocycles. The first-order chi connectivity index (χ1) is 8.54. The minimum absolute atomic E-state index is 0.0925. The van der Waals surface area contributed by atoms with Crippen LogP contribution in [0.4, 0.5) is 0 Å². The molecule has 0 fully saturated rings. The van der Waals surface area contributed by atoms with Crippen molar-refractivity contribution < 1.29 is 0 Å². The lowest BCUT2D eigenvalue weighted by Gasteiger charge is -2.18. The van der Waals surface area contributed by atoms with Gasteiger partial charge in [-0.2, -0.15) is 5.10 Å². The molecule has 0 saturated carbocycles. The first-order valence-electron chi connectivity index (χ1n) is 6.02. The molecule has 0 aliphatic rings. The number of rotatable bonds is 3. The Balaban J connectivity index is 2.48. The summed E-state index contributed by atoms with van der Waals surface area (Å²) in [5.74, 6) is 0. The van der Waals surface area contributed by atoms with Gasteiger partial charge in [0.25, 0.3) is 0 Å². The van der Waals surface area contributed by atoms with E-state index >= 15 is 0 Å². The van der Waals surface area contributed by atoms with E-state index in [1.165, 1.54) is 11.1 Å². The molecule has 2 aromatic rings. The fourth-order valence-electron chi connectivity index (χ4n) is 2.20. The molecule has 0 spiro atoms. The lowest BCUT2D eigenvalue weighted by molar-refractivity contribution is 0.516. The molecule has 4 heteroatoms. The predicted octanol–water partition coefficient (Wildman–Crippen LogP) is 3.12. The minimum Gasteiger partial charge on any atom is -0.328 e. The molecule has 0 amide bonds. The molecule has 1 aromatic carbocycles. The molecule has 0 bridgehead atoms. The summed E-state index contributed by atoms with van der Waals surface area (Å²) >= 11 is 3.56. The Morgan fingerprint density at radius 3 is 2.56 bits per heavy atom. The van der Waals surface area contributed by atoms with Crippen molar-refractivity contribution in [3.8, 4) is 0 Å². The van der Waals surface area contributed by atoms with E-state index in [0.29, 0.717) is 6.54 Å². The van der Waals surface area contributed by atoms with Crippen LogP contribution in [-0.4, -0.2) is 16.3 Å². The van der Waals surface area contributed by atoms with Gasteiger partial charge in [-0.15, -0.1) is 0 Å². The lowest BCUT2D eigenvalue weighted by Crippen LogP contribution is -2.22. The zero-order chi connectivity index (χ0) is 13.3. The average molecular weight is 308 g/mol. The number of hydrogen-bond donors (Lipinski definition) is 1. The van der Waals surface area contributed by atoms with Crippen molar-refractivity contribution in [2.75, 3.05) is 6.54 Å². The van der Waals surface area contributed by atoms with Gasteiger partial charge in [-0.3, -0.25) is 4.68 Å². The van der Waals surface area contributed by atoms with Crippen molar-refractivity contribution >= 4 is 15.9 Å². The van der Waals surface area contributed by atoms with Crippen molar-refractivity contribution in [2.24, 2.45) is 5.73 Å². The molecule has 1 unspecified atom stereocenters. The van der Waals surface area contributed by atoms with Gasteiger partial charge in [0.05, 0.1) is 21.9 Å². The van der Waals surface area contributed by atoms with Crippen LogP contribution >= 0.6 is 15.9 Å². The van der Waals surface area contributed by atoms with E-state index in [4.69, 9.17) is 5.73 Å². The Kier molecular flexibility index (Phi) is 3.88. The van der Waals surface area contributed by atoms with Crippen molar-refractivity contribution in [1.82, 2.24) is 9.78 Å². The Morgan fingerprint density at radius 2 is 2.06 bits per heavy atom. The largest absolute Gasteiger partial charge is 0.328 e. The molecule has 3 nitrogen and oxygen atoms in total. The molecule has 2 rings (SSSR count). The normalized spacial score (nSPS) is 12.7. The van der Waals surface area contributed by atoms with E-state index in [1.54, 1.807) is 0 Å². The summed E-state index contributed by atoms with van der Waals surface area (Å²) in [6, 6.07) is 8.52. The first-order valence-corrected chi connectivity index (χ1v) is 6.81. The molecule has 18 heavy (non-hydrogen) atoms. The number of nitrogens with zero attached hydrogens (tertiary/aromatic N) is 2. The molecule has 0 radical (unpaired) electrons. The van der Waals surface area contributed by atoms with E-state index < -0.39 is 0 Å². The number of aryl methyl sites for hydroxylation is 2. The van der Waals surface area contributed by atoms with E-state index in [0.717, 1.165) is 15.9 Å². The molecule has 96 valence electrons. The van der Waals surface area contributed by atoms with Crippen LogP contribution in [0.3, 0.4) is 0 Å². The monoisotopic (exact) mass is 307 g/mol. The van der Waals surface area contributed by atoms with Gasteiger partial charge in [0, 0.05) is 6.54 Å². The summed E-state index contributed by atoms with van der Waals surface area (Å²) in [6.45, 7) is 6.69. The Bertz CT molecular complexity index is 560. The Hall–Kier alpha value is -1.13. The van der Waals surface area contributed by atoms with Gasteiger partial charge in [-0.1, -0.05) is 29.8 Å². The summed E-state index contributed by atoms with van der Waals surface area (Å²) in [6.07, 6.45) is 0. The van der Waals surface area contributed by atoms with Crippen LogP contribution in [0.15, 0.2) is 28.7 Å². The average Bonchev–Trinajstić information content (AvgIpc) is 2.59. The fraction of sp³-hybridized carbons (Fsp3) is 0.357. The smallest absolute Gasteiger partial charge is 0.0894 e. The maximum Gasteiger partial charge on any atom is 0.0894 e. The predicted molar refractivity (Wildman–Crippen MR) is 77.8 cm³/mol. The third kappa shape index (κ3) is 2.35. The minimum atomic E-state index is 0.0925. The number of halogens is 1. The van der Waals surface area contributed by atoms with Gasteiger partial charge in [-0.25, -0.2) is 0 Å². The third-order valence-electron chi connectivity index (χ3n) is 3.18. The van der Waals surface area contributed by atoms with Crippen LogP contribution in [0.5, 0.6) is 0 Å². The van der Waals surface area contributed by atoms with E-state index in [-0.39, 0.29) is 6.04 Å². The zero-order valence-electron chi connectivity index (χ0n) is 10.9. The lowest BCUT2D eigenvalue weighted by atomic mass is 10.0. The molecule has 0 saturated heterocycles. The number of nitrogens with two attached hydrogens (primary N) is 1. The second kappa shape index (κ2) is 5.24. The van der Waals surface area contributed by atoms with Crippen LogP contribution in [0, 0.1) is 20.8 Å². The van der Waals surface area contributed by atoms with Crippen LogP contribution in [0.1, 0.15) is 28.6 Å². The standard InChI is InChI=1S/C14H18BrN3/c1-9-5-4-6-12(7-9)13(8-16)18-11(3)14(15)10(2)17-18/h4-7,13H,8,16H2,1-3H3. The number of hydrogen-bond acceptors (Lipinski definition) is 2. The van der Waals surface area contributed by atoms with Crippen LogP contribution in [0.2, 0.25) is 0 Å². The summed E-state index contributed by atoms with van der Waals surface area (Å²) in [7, 11) is 0. The highest BCUT2D eigenvalue weighted by molar-refractivity contribution is 9.10. The first kappa shape index (κ1) is 13.3. The van der Waals surface area contributed by atoms with E-state index in [9.17, 15) is 0 Å².